The zero-order valence-electron chi connectivity index (χ0n) is 16.4. The molecule has 0 aliphatic carbocycles. The highest BCUT2D eigenvalue weighted by Gasteiger charge is 2.18. The number of carbonyl (C=O) groups excluding carboxylic acids is 1. The summed E-state index contributed by atoms with van der Waals surface area (Å²) in [6.07, 6.45) is 0.544. The summed E-state index contributed by atoms with van der Waals surface area (Å²) in [4.78, 5) is 21.6. The summed E-state index contributed by atoms with van der Waals surface area (Å²) in [5.74, 6) is 0.981. The Morgan fingerprint density at radius 3 is 2.41 bits per heavy atom. The molecule has 2 aliphatic heterocycles. The first kappa shape index (κ1) is 19.7. The molecule has 152 valence electrons. The van der Waals surface area contributed by atoms with Crippen LogP contribution in [0.2, 0.25) is 5.02 Å². The Labute approximate surface area is 176 Å². The number of halogens is 1. The fraction of sp³-hybridized carbons (Fsp3) is 0.364. The highest BCUT2D eigenvalue weighted by Crippen LogP contribution is 2.19. The molecule has 0 amide bonds. The molecule has 2 N–H and O–H groups in total. The van der Waals surface area contributed by atoms with Gasteiger partial charge in [-0.15, -0.1) is 0 Å². The molecule has 0 spiro atoms. The monoisotopic (exact) mass is 411 g/mol. The molecule has 2 aromatic rings. The molecular weight excluding hydrogens is 386 g/mol. The third kappa shape index (κ3) is 5.28. The van der Waals surface area contributed by atoms with Gasteiger partial charge < -0.3 is 15.5 Å². The van der Waals surface area contributed by atoms with Gasteiger partial charge in [-0.1, -0.05) is 11.6 Å². The van der Waals surface area contributed by atoms with Gasteiger partial charge in [0.2, 0.25) is 0 Å². The van der Waals surface area contributed by atoms with Crippen LogP contribution in [-0.4, -0.2) is 62.5 Å². The molecule has 2 aromatic carbocycles. The molecule has 6 nitrogen and oxygen atoms in total. The Hall–Kier alpha value is -2.57. The summed E-state index contributed by atoms with van der Waals surface area (Å²) in [7, 11) is 0. The topological polar surface area (TPSA) is 60.0 Å². The maximum atomic E-state index is 12.6. The van der Waals surface area contributed by atoms with Crippen molar-refractivity contribution in [2.75, 3.05) is 56.0 Å². The Bertz CT molecular complexity index is 858. The molecule has 7 heteroatoms. The number of Topliss-reactive ketones (excluding diaryl/α,β-unsaturated/α-hetero) is 1. The number of guanidine groups is 1. The highest BCUT2D eigenvalue weighted by molar-refractivity contribution is 6.30. The highest BCUT2D eigenvalue weighted by atomic mass is 35.5. The van der Waals surface area contributed by atoms with Crippen molar-refractivity contribution in [1.82, 2.24) is 10.2 Å². The molecule has 0 aromatic heterocycles. The molecule has 29 heavy (non-hydrogen) atoms. The number of ketones is 1. The van der Waals surface area contributed by atoms with Crippen LogP contribution in [0.1, 0.15) is 16.8 Å². The van der Waals surface area contributed by atoms with Crippen LogP contribution in [0, 0.1) is 0 Å². The van der Waals surface area contributed by atoms with Crippen molar-refractivity contribution >= 4 is 34.7 Å². The summed E-state index contributed by atoms with van der Waals surface area (Å²) in [6.45, 7) is 6.33. The van der Waals surface area contributed by atoms with Gasteiger partial charge in [-0.05, 0) is 48.5 Å². The lowest BCUT2D eigenvalue weighted by Gasteiger charge is -2.36. The largest absolute Gasteiger partial charge is 0.369 e. The van der Waals surface area contributed by atoms with Gasteiger partial charge in [0.1, 0.15) is 0 Å². The zero-order chi connectivity index (χ0) is 20.1. The standard InChI is InChI=1S/C22H26ClN5O/c23-18-3-7-20(8-4-18)28-15-13-27(14-16-28)12-9-21(29)17-1-5-19(6-2-17)26-22-24-10-11-25-22/h1-8H,9-16H2,(H2,24,25,26). The van der Waals surface area contributed by atoms with Gasteiger partial charge in [-0.3, -0.25) is 14.7 Å². The average molecular weight is 412 g/mol. The minimum atomic E-state index is 0.188. The smallest absolute Gasteiger partial charge is 0.195 e. The molecule has 0 unspecified atom stereocenters. The summed E-state index contributed by atoms with van der Waals surface area (Å²) in [6, 6.07) is 15.6. The molecule has 2 heterocycles. The van der Waals surface area contributed by atoms with Gasteiger partial charge in [0.25, 0.3) is 0 Å². The molecule has 0 radical (unpaired) electrons. The number of nitrogens with one attached hydrogen (secondary N) is 2. The second-order valence-electron chi connectivity index (χ2n) is 7.34. The number of rotatable bonds is 6. The third-order valence-electron chi connectivity index (χ3n) is 5.36. The van der Waals surface area contributed by atoms with Gasteiger partial charge in [-0.25, -0.2) is 0 Å². The Kier molecular flexibility index (Phi) is 6.32. The molecule has 1 saturated heterocycles. The first-order chi connectivity index (χ1) is 14.2. The fourth-order valence-electron chi connectivity index (χ4n) is 3.64. The van der Waals surface area contributed by atoms with Gasteiger partial charge >= 0.3 is 0 Å². The van der Waals surface area contributed by atoms with E-state index in [-0.39, 0.29) is 5.78 Å². The quantitative estimate of drug-likeness (QED) is 0.715. The number of piperazine rings is 1. The van der Waals surface area contributed by atoms with Crippen LogP contribution in [0.4, 0.5) is 11.4 Å². The van der Waals surface area contributed by atoms with E-state index in [0.29, 0.717) is 6.42 Å². The lowest BCUT2D eigenvalue weighted by molar-refractivity contribution is 0.0962. The molecule has 0 saturated carbocycles. The minimum absolute atomic E-state index is 0.188. The summed E-state index contributed by atoms with van der Waals surface area (Å²) < 4.78 is 0. The van der Waals surface area contributed by atoms with Crippen molar-refractivity contribution in [3.8, 4) is 0 Å². The number of hydrogen-bond donors (Lipinski definition) is 2. The van der Waals surface area contributed by atoms with Crippen LogP contribution in [0.3, 0.4) is 0 Å². The lowest BCUT2D eigenvalue weighted by atomic mass is 10.1. The summed E-state index contributed by atoms with van der Waals surface area (Å²) in [5, 5.41) is 7.15. The predicted octanol–water partition coefficient (Wildman–Crippen LogP) is 3.11. The molecule has 0 atom stereocenters. The maximum Gasteiger partial charge on any atom is 0.195 e. The fourth-order valence-corrected chi connectivity index (χ4v) is 3.77. The Morgan fingerprint density at radius 2 is 1.76 bits per heavy atom. The zero-order valence-corrected chi connectivity index (χ0v) is 17.2. The van der Waals surface area contributed by atoms with Crippen molar-refractivity contribution in [2.24, 2.45) is 4.99 Å². The number of hydrogen-bond acceptors (Lipinski definition) is 6. The van der Waals surface area contributed by atoms with Crippen LogP contribution in [0.5, 0.6) is 0 Å². The van der Waals surface area contributed by atoms with Crippen molar-refractivity contribution in [2.45, 2.75) is 6.42 Å². The van der Waals surface area contributed by atoms with E-state index >= 15 is 0 Å². The van der Waals surface area contributed by atoms with E-state index < -0.39 is 0 Å². The summed E-state index contributed by atoms with van der Waals surface area (Å²) >= 11 is 5.97. The van der Waals surface area contributed by atoms with Crippen LogP contribution in [-0.2, 0) is 0 Å². The van der Waals surface area contributed by atoms with E-state index in [9.17, 15) is 4.79 Å². The number of anilines is 2. The van der Waals surface area contributed by atoms with Gasteiger partial charge in [0, 0.05) is 67.7 Å². The lowest BCUT2D eigenvalue weighted by Crippen LogP contribution is -2.46. The van der Waals surface area contributed by atoms with Crippen molar-refractivity contribution < 1.29 is 4.79 Å². The van der Waals surface area contributed by atoms with Crippen LogP contribution >= 0.6 is 11.6 Å². The maximum absolute atomic E-state index is 12.6. The minimum Gasteiger partial charge on any atom is -0.369 e. The van der Waals surface area contributed by atoms with E-state index in [1.807, 2.05) is 36.4 Å². The third-order valence-corrected chi connectivity index (χ3v) is 5.61. The van der Waals surface area contributed by atoms with E-state index in [0.717, 1.165) is 68.0 Å². The van der Waals surface area contributed by atoms with Gasteiger partial charge in [-0.2, -0.15) is 0 Å². The number of benzene rings is 2. The average Bonchev–Trinajstić information content (AvgIpc) is 3.27. The normalized spacial score (nSPS) is 17.0. The SMILES string of the molecule is O=C(CCN1CCN(c2ccc(Cl)cc2)CC1)c1ccc(NC2=NCCN2)cc1. The van der Waals surface area contributed by atoms with E-state index in [1.54, 1.807) is 0 Å². The summed E-state index contributed by atoms with van der Waals surface area (Å²) in [5.41, 5.74) is 2.90. The van der Waals surface area contributed by atoms with E-state index in [4.69, 9.17) is 11.6 Å². The van der Waals surface area contributed by atoms with E-state index in [2.05, 4.69) is 37.6 Å². The second kappa shape index (κ2) is 9.29. The molecule has 1 fully saturated rings. The first-order valence-corrected chi connectivity index (χ1v) is 10.5. The Balaban J connectivity index is 1.22. The molecule has 0 bridgehead atoms. The molecule has 4 rings (SSSR count). The van der Waals surface area contributed by atoms with Crippen LogP contribution < -0.4 is 15.5 Å². The first-order valence-electron chi connectivity index (χ1n) is 10.1. The van der Waals surface area contributed by atoms with Gasteiger partial charge in [0.15, 0.2) is 11.7 Å². The van der Waals surface area contributed by atoms with E-state index in [1.165, 1.54) is 5.69 Å². The van der Waals surface area contributed by atoms with Crippen molar-refractivity contribution in [3.05, 3.63) is 59.1 Å². The molecule has 2 aliphatic rings. The molecular formula is C22H26ClN5O. The van der Waals surface area contributed by atoms with Crippen molar-refractivity contribution in [1.29, 1.82) is 0 Å². The van der Waals surface area contributed by atoms with Gasteiger partial charge in [0.05, 0.1) is 6.54 Å². The van der Waals surface area contributed by atoms with Crippen molar-refractivity contribution in [3.63, 3.8) is 0 Å². The number of nitrogens with zero attached hydrogens (tertiary/aromatic N) is 3. The second-order valence-corrected chi connectivity index (χ2v) is 7.77. The number of carbonyl (C=O) groups is 1. The van der Waals surface area contributed by atoms with Crippen LogP contribution in [0.15, 0.2) is 53.5 Å². The Morgan fingerprint density at radius 1 is 1.03 bits per heavy atom. The number of aliphatic imine (C=N–C) groups is 1. The predicted molar refractivity (Wildman–Crippen MR) is 119 cm³/mol. The van der Waals surface area contributed by atoms with Crippen LogP contribution in [0.25, 0.3) is 0 Å².